The Bertz CT molecular complexity index is 1070. The van der Waals surface area contributed by atoms with Gasteiger partial charge in [-0.2, -0.15) is 9.40 Å². The Morgan fingerprint density at radius 1 is 1.00 bits per heavy atom. The highest BCUT2D eigenvalue weighted by Crippen LogP contribution is 2.31. The largest absolute Gasteiger partial charge is 0.338 e. The first-order valence-electron chi connectivity index (χ1n) is 8.22. The summed E-state index contributed by atoms with van der Waals surface area (Å²) in [6, 6.07) is 7.96. The van der Waals surface area contributed by atoms with Gasteiger partial charge in [-0.1, -0.05) is 0 Å². The average Bonchev–Trinajstić information content (AvgIpc) is 3.20. The number of nitrogens with one attached hydrogen (secondary N) is 1. The quantitative estimate of drug-likeness (QED) is 0.684. The second-order valence-corrected chi connectivity index (χ2v) is 9.11. The normalized spacial score (nSPS) is 15.8. The fraction of sp³-hybridized carbons (Fsp3) is 0.250. The van der Waals surface area contributed by atoms with E-state index in [0.29, 0.717) is 42.7 Å². The zero-order valence-corrected chi connectivity index (χ0v) is 15.8. The predicted octanol–water partition coefficient (Wildman–Crippen LogP) is 0.799. The summed E-state index contributed by atoms with van der Waals surface area (Å²) in [7, 11) is -3.58. The summed E-state index contributed by atoms with van der Waals surface area (Å²) < 4.78 is 27.6. The lowest BCUT2D eigenvalue weighted by Gasteiger charge is -2.33. The molecule has 0 unspecified atom stereocenters. The molecule has 0 atom stereocenters. The van der Waals surface area contributed by atoms with E-state index in [1.807, 2.05) is 4.90 Å². The van der Waals surface area contributed by atoms with Crippen molar-refractivity contribution >= 4 is 27.3 Å². The molecule has 1 saturated heterocycles. The number of H-pyrrole nitrogens is 1. The van der Waals surface area contributed by atoms with Crippen molar-refractivity contribution in [2.45, 2.75) is 4.21 Å². The lowest BCUT2D eigenvalue weighted by Crippen LogP contribution is -2.49. The molecule has 0 amide bonds. The first-order chi connectivity index (χ1) is 13.0. The van der Waals surface area contributed by atoms with E-state index in [1.165, 1.54) is 10.4 Å². The molecule has 11 heteroatoms. The van der Waals surface area contributed by atoms with Crippen molar-refractivity contribution in [3.63, 3.8) is 0 Å². The summed E-state index contributed by atoms with van der Waals surface area (Å²) in [5.74, 6) is 0.608. The van der Waals surface area contributed by atoms with Gasteiger partial charge in [-0.25, -0.2) is 23.5 Å². The lowest BCUT2D eigenvalue weighted by atomic mass is 10.3. The van der Waals surface area contributed by atoms with Crippen LogP contribution < -0.4 is 10.5 Å². The molecule has 0 spiro atoms. The van der Waals surface area contributed by atoms with E-state index in [2.05, 4.69) is 20.2 Å². The van der Waals surface area contributed by atoms with E-state index < -0.39 is 10.0 Å². The minimum atomic E-state index is -3.58. The van der Waals surface area contributed by atoms with E-state index in [9.17, 15) is 13.2 Å². The molecule has 0 saturated carbocycles. The molecule has 3 aromatic heterocycles. The summed E-state index contributed by atoms with van der Waals surface area (Å²) in [4.78, 5) is 22.2. The zero-order valence-electron chi connectivity index (χ0n) is 14.1. The van der Waals surface area contributed by atoms with Crippen LogP contribution in [0.2, 0.25) is 0 Å². The molecule has 1 N–H and O–H groups in total. The van der Waals surface area contributed by atoms with Gasteiger partial charge in [-0.05, 0) is 24.3 Å². The van der Waals surface area contributed by atoms with Crippen LogP contribution in [0.3, 0.4) is 0 Å². The van der Waals surface area contributed by atoms with Gasteiger partial charge in [0, 0.05) is 44.6 Å². The number of hydrogen-bond donors (Lipinski definition) is 1. The minimum absolute atomic E-state index is 0.259. The Morgan fingerprint density at radius 3 is 2.41 bits per heavy atom. The second kappa shape index (κ2) is 7.18. The van der Waals surface area contributed by atoms with E-state index in [4.69, 9.17) is 0 Å². The number of aromatic amines is 1. The van der Waals surface area contributed by atoms with Crippen molar-refractivity contribution in [3.8, 4) is 10.6 Å². The van der Waals surface area contributed by atoms with Gasteiger partial charge in [-0.15, -0.1) is 11.3 Å². The van der Waals surface area contributed by atoms with Crippen molar-refractivity contribution in [2.24, 2.45) is 0 Å². The van der Waals surface area contributed by atoms with Crippen LogP contribution >= 0.6 is 11.3 Å². The monoisotopic (exact) mass is 404 g/mol. The molecule has 27 heavy (non-hydrogen) atoms. The molecule has 1 aliphatic rings. The van der Waals surface area contributed by atoms with E-state index >= 15 is 0 Å². The van der Waals surface area contributed by atoms with Gasteiger partial charge < -0.3 is 4.90 Å². The summed E-state index contributed by atoms with van der Waals surface area (Å²) in [5.41, 5.74) is 0.232. The van der Waals surface area contributed by atoms with Crippen LogP contribution in [0.25, 0.3) is 10.6 Å². The van der Waals surface area contributed by atoms with Gasteiger partial charge in [0.2, 0.25) is 5.95 Å². The van der Waals surface area contributed by atoms with E-state index in [0.717, 1.165) is 11.3 Å². The number of anilines is 1. The Hall–Kier alpha value is -2.63. The summed E-state index contributed by atoms with van der Waals surface area (Å²) >= 11 is 1.14. The number of sulfonamides is 1. The fourth-order valence-electron chi connectivity index (χ4n) is 2.79. The molecule has 0 aromatic carbocycles. The maximum absolute atomic E-state index is 12.9. The fourth-order valence-corrected chi connectivity index (χ4v) is 5.64. The SMILES string of the molecule is O=c1ccc(-c2ccc(S(=O)(=O)N3CCN(c4ncccn4)CC3)s2)n[nH]1. The molecule has 0 bridgehead atoms. The maximum Gasteiger partial charge on any atom is 0.264 e. The van der Waals surface area contributed by atoms with Crippen molar-refractivity contribution in [3.05, 3.63) is 53.1 Å². The van der Waals surface area contributed by atoms with Crippen LogP contribution in [0.4, 0.5) is 5.95 Å². The minimum Gasteiger partial charge on any atom is -0.338 e. The van der Waals surface area contributed by atoms with Crippen LogP contribution in [0.5, 0.6) is 0 Å². The number of rotatable bonds is 4. The summed E-state index contributed by atoms with van der Waals surface area (Å²) in [5, 5.41) is 6.30. The van der Waals surface area contributed by atoms with Crippen molar-refractivity contribution in [1.82, 2.24) is 24.5 Å². The molecule has 1 fully saturated rings. The standard InChI is InChI=1S/C16H16N6O3S2/c23-14-4-2-12(19-20-14)13-3-5-15(26-13)27(24,25)22-10-8-21(9-11-22)16-17-6-1-7-18-16/h1-7H,8-11H2,(H,20,23). The first kappa shape index (κ1) is 17.8. The Labute approximate surface area is 159 Å². The molecule has 0 aliphatic carbocycles. The average molecular weight is 404 g/mol. The Kier molecular flexibility index (Phi) is 4.72. The molecule has 4 heterocycles. The topological polar surface area (TPSA) is 112 Å². The first-order valence-corrected chi connectivity index (χ1v) is 10.5. The lowest BCUT2D eigenvalue weighted by molar-refractivity contribution is 0.383. The van der Waals surface area contributed by atoms with Crippen LogP contribution in [-0.4, -0.2) is 59.1 Å². The van der Waals surface area contributed by atoms with Crippen molar-refractivity contribution in [2.75, 3.05) is 31.1 Å². The van der Waals surface area contributed by atoms with Gasteiger partial charge in [0.25, 0.3) is 15.6 Å². The third-order valence-electron chi connectivity index (χ3n) is 4.18. The number of hydrogen-bond acceptors (Lipinski definition) is 8. The van der Waals surface area contributed by atoms with Crippen LogP contribution in [0, 0.1) is 0 Å². The van der Waals surface area contributed by atoms with E-state index in [1.54, 1.807) is 36.7 Å². The smallest absolute Gasteiger partial charge is 0.264 e. The van der Waals surface area contributed by atoms with Crippen LogP contribution in [0.15, 0.2) is 51.7 Å². The second-order valence-electron chi connectivity index (χ2n) is 5.87. The van der Waals surface area contributed by atoms with Crippen molar-refractivity contribution < 1.29 is 8.42 Å². The highest BCUT2D eigenvalue weighted by Gasteiger charge is 2.30. The van der Waals surface area contributed by atoms with Gasteiger partial charge in [-0.3, -0.25) is 4.79 Å². The zero-order chi connectivity index (χ0) is 18.9. The molecule has 3 aromatic rings. The maximum atomic E-state index is 12.9. The van der Waals surface area contributed by atoms with Crippen LogP contribution in [-0.2, 0) is 10.0 Å². The Morgan fingerprint density at radius 2 is 1.74 bits per heavy atom. The molecular weight excluding hydrogens is 388 g/mol. The van der Waals surface area contributed by atoms with Crippen LogP contribution in [0.1, 0.15) is 0 Å². The molecule has 140 valence electrons. The molecule has 9 nitrogen and oxygen atoms in total. The molecule has 1 aliphatic heterocycles. The number of aromatic nitrogens is 4. The number of piperazine rings is 1. The van der Waals surface area contributed by atoms with Gasteiger partial charge in [0.05, 0.1) is 4.88 Å². The highest BCUT2D eigenvalue weighted by atomic mass is 32.2. The van der Waals surface area contributed by atoms with E-state index in [-0.39, 0.29) is 9.77 Å². The third kappa shape index (κ3) is 3.61. The molecule has 0 radical (unpaired) electrons. The third-order valence-corrected chi connectivity index (χ3v) is 7.65. The highest BCUT2D eigenvalue weighted by molar-refractivity contribution is 7.91. The summed E-state index contributed by atoms with van der Waals surface area (Å²) in [6.45, 7) is 1.79. The number of thiophene rings is 1. The van der Waals surface area contributed by atoms with Gasteiger partial charge in [0.1, 0.15) is 9.90 Å². The predicted molar refractivity (Wildman–Crippen MR) is 101 cm³/mol. The molecule has 4 rings (SSSR count). The van der Waals surface area contributed by atoms with Crippen molar-refractivity contribution in [1.29, 1.82) is 0 Å². The van der Waals surface area contributed by atoms with Gasteiger partial charge in [0.15, 0.2) is 0 Å². The Balaban J connectivity index is 1.49. The number of nitrogens with zero attached hydrogens (tertiary/aromatic N) is 5. The molecular formula is C16H16N6O3S2. The summed E-state index contributed by atoms with van der Waals surface area (Å²) in [6.07, 6.45) is 3.34. The van der Waals surface area contributed by atoms with Gasteiger partial charge >= 0.3 is 0 Å².